The Balaban J connectivity index is 2.56. The lowest BCUT2D eigenvalue weighted by atomic mass is 10.1. The smallest absolute Gasteiger partial charge is 0.342 e. The van der Waals surface area contributed by atoms with E-state index in [1.54, 1.807) is 13.0 Å². The highest BCUT2D eigenvalue weighted by molar-refractivity contribution is 5.94. The van der Waals surface area contributed by atoms with Crippen LogP contribution in [0.1, 0.15) is 15.9 Å². The van der Waals surface area contributed by atoms with Crippen LogP contribution in [0.3, 0.4) is 0 Å². The maximum Gasteiger partial charge on any atom is 0.342 e. The molecule has 2 N–H and O–H groups in total. The summed E-state index contributed by atoms with van der Waals surface area (Å²) >= 11 is 0. The van der Waals surface area contributed by atoms with Crippen LogP contribution in [0.25, 0.3) is 0 Å². The summed E-state index contributed by atoms with van der Waals surface area (Å²) in [5.74, 6) is -1.84. The van der Waals surface area contributed by atoms with E-state index in [0.717, 1.165) is 10.5 Å². The Hall–Kier alpha value is -2.57. The number of phenols is 1. The number of carbonyl (C=O) groups excluding carboxylic acids is 3. The molecule has 0 aliphatic heterocycles. The van der Waals surface area contributed by atoms with Crippen molar-refractivity contribution >= 4 is 17.8 Å². The quantitative estimate of drug-likeness (QED) is 0.749. The molecule has 0 saturated carbocycles. The van der Waals surface area contributed by atoms with Gasteiger partial charge in [-0.1, -0.05) is 6.07 Å². The fourth-order valence-corrected chi connectivity index (χ4v) is 1.51. The van der Waals surface area contributed by atoms with Crippen molar-refractivity contribution in [2.24, 2.45) is 0 Å². The number of aryl methyl sites for hydroxylation is 1. The molecule has 1 aromatic rings. The lowest BCUT2D eigenvalue weighted by Crippen LogP contribution is -2.39. The number of esters is 1. The standard InChI is InChI=1S/C14H18N2O5/c1-9-4-5-10(11(17)6-9)14(20)21-8-13(19)16(3)7-12(18)15-2/h4-6,17H,7-8H2,1-3H3,(H,15,18). The van der Waals surface area contributed by atoms with Crippen LogP contribution in [0.4, 0.5) is 0 Å². The third-order valence-corrected chi connectivity index (χ3v) is 2.79. The number of carbonyl (C=O) groups is 3. The van der Waals surface area contributed by atoms with Crippen molar-refractivity contribution < 1.29 is 24.2 Å². The van der Waals surface area contributed by atoms with Crippen molar-refractivity contribution in [3.8, 4) is 5.75 Å². The van der Waals surface area contributed by atoms with Gasteiger partial charge in [-0.15, -0.1) is 0 Å². The fourth-order valence-electron chi connectivity index (χ4n) is 1.51. The minimum absolute atomic E-state index is 0.0117. The van der Waals surface area contributed by atoms with E-state index in [2.05, 4.69) is 5.32 Å². The maximum absolute atomic E-state index is 11.7. The summed E-state index contributed by atoms with van der Waals surface area (Å²) < 4.78 is 4.83. The number of hydrogen-bond acceptors (Lipinski definition) is 5. The van der Waals surface area contributed by atoms with E-state index >= 15 is 0 Å². The van der Waals surface area contributed by atoms with Crippen LogP contribution in [-0.4, -0.2) is 55.0 Å². The number of benzene rings is 1. The van der Waals surface area contributed by atoms with Gasteiger partial charge < -0.3 is 20.1 Å². The lowest BCUT2D eigenvalue weighted by Gasteiger charge is -2.16. The molecule has 0 heterocycles. The zero-order chi connectivity index (χ0) is 16.0. The highest BCUT2D eigenvalue weighted by atomic mass is 16.5. The first-order valence-corrected chi connectivity index (χ1v) is 6.26. The summed E-state index contributed by atoms with van der Waals surface area (Å²) in [6, 6.07) is 4.50. The topological polar surface area (TPSA) is 95.9 Å². The second kappa shape index (κ2) is 7.28. The van der Waals surface area contributed by atoms with Crippen molar-refractivity contribution in [1.29, 1.82) is 0 Å². The molecule has 114 valence electrons. The first-order chi connectivity index (χ1) is 9.85. The Bertz CT molecular complexity index is 556. The molecule has 21 heavy (non-hydrogen) atoms. The molecule has 0 atom stereocenters. The van der Waals surface area contributed by atoms with E-state index < -0.39 is 18.5 Å². The molecule has 7 nitrogen and oxygen atoms in total. The molecule has 0 bridgehead atoms. The van der Waals surface area contributed by atoms with E-state index in [-0.39, 0.29) is 23.8 Å². The van der Waals surface area contributed by atoms with Crippen molar-refractivity contribution in [3.63, 3.8) is 0 Å². The minimum Gasteiger partial charge on any atom is -0.507 e. The molecule has 0 radical (unpaired) electrons. The number of nitrogens with one attached hydrogen (secondary N) is 1. The third kappa shape index (κ3) is 4.79. The van der Waals surface area contributed by atoms with Gasteiger partial charge in [-0.2, -0.15) is 0 Å². The van der Waals surface area contributed by atoms with Crippen LogP contribution in [0, 0.1) is 6.92 Å². The number of likely N-dealkylation sites (N-methyl/N-ethyl adjacent to an activating group) is 2. The maximum atomic E-state index is 11.7. The molecule has 0 aliphatic carbocycles. The molecule has 0 aromatic heterocycles. The Labute approximate surface area is 122 Å². The van der Waals surface area contributed by atoms with Gasteiger partial charge in [-0.05, 0) is 24.6 Å². The summed E-state index contributed by atoms with van der Waals surface area (Å²) in [6.07, 6.45) is 0. The summed E-state index contributed by atoms with van der Waals surface area (Å²) in [4.78, 5) is 35.7. The molecule has 0 fully saturated rings. The average molecular weight is 294 g/mol. The second-order valence-electron chi connectivity index (χ2n) is 4.52. The summed E-state index contributed by atoms with van der Waals surface area (Å²) in [5.41, 5.74) is 0.785. The molecule has 0 aliphatic rings. The van der Waals surface area contributed by atoms with Gasteiger partial charge in [0.15, 0.2) is 6.61 Å². The van der Waals surface area contributed by atoms with E-state index in [1.807, 2.05) is 0 Å². The first-order valence-electron chi connectivity index (χ1n) is 6.26. The molecule has 1 aromatic carbocycles. The molecular formula is C14H18N2O5. The number of nitrogens with zero attached hydrogens (tertiary/aromatic N) is 1. The van der Waals surface area contributed by atoms with Gasteiger partial charge in [-0.3, -0.25) is 9.59 Å². The van der Waals surface area contributed by atoms with E-state index in [4.69, 9.17) is 4.74 Å². The van der Waals surface area contributed by atoms with Gasteiger partial charge in [0.25, 0.3) is 5.91 Å². The molecule has 0 spiro atoms. The van der Waals surface area contributed by atoms with Crippen LogP contribution in [0.2, 0.25) is 0 Å². The summed E-state index contributed by atoms with van der Waals surface area (Å²) in [6.45, 7) is 1.15. The van der Waals surface area contributed by atoms with Crippen LogP contribution in [-0.2, 0) is 14.3 Å². The Morgan fingerprint density at radius 2 is 2.00 bits per heavy atom. The highest BCUT2D eigenvalue weighted by Crippen LogP contribution is 2.19. The first kappa shape index (κ1) is 16.5. The largest absolute Gasteiger partial charge is 0.507 e. The van der Waals surface area contributed by atoms with Crippen molar-refractivity contribution in [1.82, 2.24) is 10.2 Å². The zero-order valence-electron chi connectivity index (χ0n) is 12.2. The van der Waals surface area contributed by atoms with Gasteiger partial charge in [0.2, 0.25) is 5.91 Å². The predicted molar refractivity (Wildman–Crippen MR) is 74.8 cm³/mol. The number of phenolic OH excluding ortho intramolecular Hbond substituents is 1. The summed E-state index contributed by atoms with van der Waals surface area (Å²) in [7, 11) is 2.88. The zero-order valence-corrected chi connectivity index (χ0v) is 12.2. The third-order valence-electron chi connectivity index (χ3n) is 2.79. The van der Waals surface area contributed by atoms with Gasteiger partial charge in [0.05, 0.1) is 6.54 Å². The molecule has 0 saturated heterocycles. The van der Waals surface area contributed by atoms with Gasteiger partial charge in [0.1, 0.15) is 11.3 Å². The average Bonchev–Trinajstić information content (AvgIpc) is 2.43. The van der Waals surface area contributed by atoms with Crippen molar-refractivity contribution in [2.45, 2.75) is 6.92 Å². The van der Waals surface area contributed by atoms with Crippen molar-refractivity contribution in [3.05, 3.63) is 29.3 Å². The van der Waals surface area contributed by atoms with Crippen molar-refractivity contribution in [2.75, 3.05) is 27.2 Å². The predicted octanol–water partition coefficient (Wildman–Crippen LogP) is 0.0618. The Morgan fingerprint density at radius 1 is 1.33 bits per heavy atom. The van der Waals surface area contributed by atoms with Gasteiger partial charge in [-0.25, -0.2) is 4.79 Å². The number of hydrogen-bond donors (Lipinski definition) is 2. The molecule has 0 unspecified atom stereocenters. The van der Waals surface area contributed by atoms with Crippen LogP contribution in [0.15, 0.2) is 18.2 Å². The van der Waals surface area contributed by atoms with E-state index in [9.17, 15) is 19.5 Å². The minimum atomic E-state index is -0.797. The van der Waals surface area contributed by atoms with Gasteiger partial charge in [0, 0.05) is 14.1 Å². The van der Waals surface area contributed by atoms with Crippen LogP contribution < -0.4 is 5.32 Å². The van der Waals surface area contributed by atoms with Crippen LogP contribution >= 0.6 is 0 Å². The number of ether oxygens (including phenoxy) is 1. The normalized spacial score (nSPS) is 9.86. The molecule has 7 heteroatoms. The van der Waals surface area contributed by atoms with E-state index in [1.165, 1.54) is 26.2 Å². The molecule has 1 rings (SSSR count). The number of amides is 2. The van der Waals surface area contributed by atoms with E-state index in [0.29, 0.717) is 0 Å². The van der Waals surface area contributed by atoms with Crippen LogP contribution in [0.5, 0.6) is 5.75 Å². The SMILES string of the molecule is CNC(=O)CN(C)C(=O)COC(=O)c1ccc(C)cc1O. The fraction of sp³-hybridized carbons (Fsp3) is 0.357. The highest BCUT2D eigenvalue weighted by Gasteiger charge is 2.17. The number of aromatic hydroxyl groups is 1. The van der Waals surface area contributed by atoms with Gasteiger partial charge >= 0.3 is 5.97 Å². The Morgan fingerprint density at radius 3 is 2.57 bits per heavy atom. The number of rotatable bonds is 5. The second-order valence-corrected chi connectivity index (χ2v) is 4.52. The molecule has 2 amide bonds. The monoisotopic (exact) mass is 294 g/mol. The lowest BCUT2D eigenvalue weighted by molar-refractivity contribution is -0.137. The Kier molecular flexibility index (Phi) is 5.71. The molecular weight excluding hydrogens is 276 g/mol. The summed E-state index contributed by atoms with van der Waals surface area (Å²) in [5, 5.41) is 12.0.